The number of alkyl halides is 3. The molecular formula is C28H26F4N6O2. The topological polar surface area (TPSA) is 93.0 Å². The van der Waals surface area contributed by atoms with Crippen LogP contribution in [0.15, 0.2) is 78.9 Å². The van der Waals surface area contributed by atoms with Crippen molar-refractivity contribution < 1.29 is 27.2 Å². The van der Waals surface area contributed by atoms with Crippen LogP contribution in [0.4, 0.5) is 23.2 Å². The number of nitrogens with zero attached hydrogens (tertiary/aromatic N) is 5. The average molecular weight is 555 g/mol. The zero-order valence-electron chi connectivity index (χ0n) is 21.5. The summed E-state index contributed by atoms with van der Waals surface area (Å²) < 4.78 is 54.7. The van der Waals surface area contributed by atoms with Crippen LogP contribution in [-0.4, -0.2) is 44.6 Å². The van der Waals surface area contributed by atoms with Crippen molar-refractivity contribution in [3.63, 3.8) is 0 Å². The van der Waals surface area contributed by atoms with Gasteiger partial charge in [-0.05, 0) is 54.0 Å². The molecule has 2 amide bonds. The molecule has 0 aliphatic heterocycles. The minimum absolute atomic E-state index is 0.0674. The van der Waals surface area contributed by atoms with Crippen LogP contribution in [0.3, 0.4) is 0 Å². The summed E-state index contributed by atoms with van der Waals surface area (Å²) in [5.41, 5.74) is -0.0214. The number of rotatable bonds is 10. The van der Waals surface area contributed by atoms with Crippen molar-refractivity contribution in [2.24, 2.45) is 0 Å². The minimum Gasteiger partial charge on any atom is -0.354 e. The van der Waals surface area contributed by atoms with Gasteiger partial charge in [0, 0.05) is 12.2 Å². The van der Waals surface area contributed by atoms with E-state index in [-0.39, 0.29) is 30.0 Å². The molecule has 1 aromatic heterocycles. The van der Waals surface area contributed by atoms with E-state index in [1.807, 2.05) is 30.3 Å². The van der Waals surface area contributed by atoms with Crippen LogP contribution >= 0.6 is 0 Å². The summed E-state index contributed by atoms with van der Waals surface area (Å²) in [7, 11) is 0. The van der Waals surface area contributed by atoms with Crippen LogP contribution in [0.5, 0.6) is 0 Å². The summed E-state index contributed by atoms with van der Waals surface area (Å²) in [6, 6.07) is 18.2. The van der Waals surface area contributed by atoms with Gasteiger partial charge in [0.2, 0.25) is 11.7 Å². The quantitative estimate of drug-likeness (QED) is 0.288. The second-order valence-electron chi connectivity index (χ2n) is 8.89. The van der Waals surface area contributed by atoms with Crippen LogP contribution in [0, 0.1) is 5.82 Å². The minimum atomic E-state index is -4.66. The number of nitrogens with one attached hydrogen (secondary N) is 1. The van der Waals surface area contributed by atoms with Gasteiger partial charge in [0.25, 0.3) is 5.91 Å². The number of amides is 2. The third-order valence-electron chi connectivity index (χ3n) is 6.12. The molecule has 1 N–H and O–H groups in total. The van der Waals surface area contributed by atoms with E-state index in [2.05, 4.69) is 20.7 Å². The summed E-state index contributed by atoms with van der Waals surface area (Å²) in [5.74, 6) is -1.93. The average Bonchev–Trinajstić information content (AvgIpc) is 3.40. The molecular weight excluding hydrogens is 528 g/mol. The van der Waals surface area contributed by atoms with E-state index in [0.29, 0.717) is 6.42 Å². The summed E-state index contributed by atoms with van der Waals surface area (Å²) >= 11 is 0. The lowest BCUT2D eigenvalue weighted by molar-refractivity contribution is -0.137. The van der Waals surface area contributed by atoms with Crippen LogP contribution in [-0.2, 0) is 28.7 Å². The SMILES string of the molecule is CC[C@@H](C(=O)NCCc1ccccc1)N(C(=O)Cn1nnc(-c2ccccc2F)n1)c1cccc(C(F)(F)F)c1. The number of hydrogen-bond acceptors (Lipinski definition) is 5. The standard InChI is InChI=1S/C28H26F4N6O2/c1-2-24(27(40)33-16-15-19-9-4-3-5-10-19)38(21-12-8-11-20(17-21)28(30,31)32)25(39)18-37-35-26(34-36-37)22-13-6-7-14-23(22)29/h3-14,17,24H,2,15-16,18H2,1H3,(H,33,40)/t24-/m0/s1. The number of benzene rings is 3. The molecule has 8 nitrogen and oxygen atoms in total. The Labute approximate surface area is 227 Å². The largest absolute Gasteiger partial charge is 0.416 e. The monoisotopic (exact) mass is 554 g/mol. The molecule has 4 rings (SSSR count). The number of carbonyl (C=O) groups excluding carboxylic acids is 2. The molecule has 0 bridgehead atoms. The fourth-order valence-corrected chi connectivity index (χ4v) is 4.17. The highest BCUT2D eigenvalue weighted by atomic mass is 19.4. The molecule has 1 heterocycles. The fraction of sp³-hybridized carbons (Fsp3) is 0.250. The van der Waals surface area contributed by atoms with Crippen LogP contribution in [0.2, 0.25) is 0 Å². The molecule has 4 aromatic rings. The molecule has 12 heteroatoms. The Hall–Kier alpha value is -4.61. The zero-order valence-corrected chi connectivity index (χ0v) is 21.5. The summed E-state index contributed by atoms with van der Waals surface area (Å²) in [6.07, 6.45) is -4.01. The van der Waals surface area contributed by atoms with Gasteiger partial charge in [-0.25, -0.2) is 4.39 Å². The number of halogens is 4. The lowest BCUT2D eigenvalue weighted by Gasteiger charge is -2.30. The van der Waals surface area contributed by atoms with Gasteiger partial charge < -0.3 is 5.32 Å². The van der Waals surface area contributed by atoms with Gasteiger partial charge in [-0.2, -0.15) is 18.0 Å². The molecule has 0 saturated carbocycles. The highest BCUT2D eigenvalue weighted by Crippen LogP contribution is 2.32. The molecule has 1 atom stereocenters. The summed E-state index contributed by atoms with van der Waals surface area (Å²) in [5, 5.41) is 14.4. The van der Waals surface area contributed by atoms with Crippen molar-refractivity contribution in [1.29, 1.82) is 0 Å². The molecule has 0 aliphatic rings. The molecule has 40 heavy (non-hydrogen) atoms. The van der Waals surface area contributed by atoms with Crippen LogP contribution in [0.25, 0.3) is 11.4 Å². The maximum absolute atomic E-state index is 14.2. The highest BCUT2D eigenvalue weighted by molar-refractivity contribution is 6.00. The zero-order chi connectivity index (χ0) is 28.7. The molecule has 208 valence electrons. The van der Waals surface area contributed by atoms with Gasteiger partial charge in [0.05, 0.1) is 11.1 Å². The highest BCUT2D eigenvalue weighted by Gasteiger charge is 2.34. The molecule has 3 aromatic carbocycles. The molecule has 0 aliphatic carbocycles. The lowest BCUT2D eigenvalue weighted by Crippen LogP contribution is -2.51. The maximum Gasteiger partial charge on any atom is 0.416 e. The Morgan fingerprint density at radius 1 is 1.00 bits per heavy atom. The smallest absolute Gasteiger partial charge is 0.354 e. The molecule has 0 saturated heterocycles. The van der Waals surface area contributed by atoms with Gasteiger partial charge in [-0.15, -0.1) is 10.2 Å². The summed E-state index contributed by atoms with van der Waals surface area (Å²) in [6.45, 7) is 1.37. The van der Waals surface area contributed by atoms with Crippen molar-refractivity contribution in [3.8, 4) is 11.4 Å². The lowest BCUT2D eigenvalue weighted by atomic mass is 10.1. The fourth-order valence-electron chi connectivity index (χ4n) is 4.17. The van der Waals surface area contributed by atoms with Crippen molar-refractivity contribution in [3.05, 3.63) is 95.8 Å². The first-order chi connectivity index (χ1) is 19.2. The van der Waals surface area contributed by atoms with Crippen LogP contribution in [0.1, 0.15) is 24.5 Å². The first kappa shape index (κ1) is 28.4. The second-order valence-corrected chi connectivity index (χ2v) is 8.89. The van der Waals surface area contributed by atoms with Gasteiger partial charge in [-0.1, -0.05) is 55.5 Å². The van der Waals surface area contributed by atoms with Crippen molar-refractivity contribution in [2.75, 3.05) is 11.4 Å². The van der Waals surface area contributed by atoms with Crippen molar-refractivity contribution in [2.45, 2.75) is 38.5 Å². The van der Waals surface area contributed by atoms with Crippen molar-refractivity contribution in [1.82, 2.24) is 25.5 Å². The molecule has 0 fully saturated rings. The predicted octanol–water partition coefficient (Wildman–Crippen LogP) is 4.67. The van der Waals surface area contributed by atoms with E-state index in [1.165, 1.54) is 30.3 Å². The van der Waals surface area contributed by atoms with Gasteiger partial charge in [-0.3, -0.25) is 14.5 Å². The first-order valence-electron chi connectivity index (χ1n) is 12.5. The number of hydrogen-bond donors (Lipinski definition) is 1. The maximum atomic E-state index is 14.2. The van der Waals surface area contributed by atoms with E-state index in [1.54, 1.807) is 13.0 Å². The summed E-state index contributed by atoms with van der Waals surface area (Å²) in [4.78, 5) is 28.7. The molecule has 0 spiro atoms. The van der Waals surface area contributed by atoms with E-state index < -0.39 is 42.0 Å². The van der Waals surface area contributed by atoms with E-state index in [0.717, 1.165) is 27.4 Å². The van der Waals surface area contributed by atoms with Crippen molar-refractivity contribution >= 4 is 17.5 Å². The number of tetrazole rings is 1. The van der Waals surface area contributed by atoms with Gasteiger partial charge in [0.15, 0.2) is 0 Å². The molecule has 0 unspecified atom stereocenters. The number of aromatic nitrogens is 4. The third-order valence-corrected chi connectivity index (χ3v) is 6.12. The first-order valence-corrected chi connectivity index (χ1v) is 12.5. The number of carbonyl (C=O) groups is 2. The Morgan fingerprint density at radius 2 is 1.73 bits per heavy atom. The van der Waals surface area contributed by atoms with Crippen LogP contribution < -0.4 is 10.2 Å². The van der Waals surface area contributed by atoms with E-state index >= 15 is 0 Å². The normalized spacial score (nSPS) is 12.1. The second kappa shape index (κ2) is 12.5. The molecule has 0 radical (unpaired) electrons. The Kier molecular flexibility index (Phi) is 8.87. The predicted molar refractivity (Wildman–Crippen MR) is 139 cm³/mol. The van der Waals surface area contributed by atoms with Gasteiger partial charge >= 0.3 is 6.18 Å². The van der Waals surface area contributed by atoms with Gasteiger partial charge in [0.1, 0.15) is 18.4 Å². The third kappa shape index (κ3) is 6.87. The van der Waals surface area contributed by atoms with E-state index in [4.69, 9.17) is 0 Å². The Morgan fingerprint density at radius 3 is 2.42 bits per heavy atom. The number of anilines is 1. The Balaban J connectivity index is 1.59. The Bertz CT molecular complexity index is 1460. The van der Waals surface area contributed by atoms with E-state index in [9.17, 15) is 27.2 Å².